The predicted molar refractivity (Wildman–Crippen MR) is 146 cm³/mol. The third-order valence-corrected chi connectivity index (χ3v) is 5.67. The molecule has 4 aromatic rings. The fourth-order valence-electron chi connectivity index (χ4n) is 3.60. The zero-order chi connectivity index (χ0) is 27.8. The van der Waals surface area contributed by atoms with Crippen LogP contribution in [0.1, 0.15) is 24.4 Å². The lowest BCUT2D eigenvalue weighted by atomic mass is 10.0. The molecule has 1 atom stereocenters. The molecular weight excluding hydrogens is 500 g/mol. The Morgan fingerprint density at radius 1 is 0.821 bits per heavy atom. The summed E-state index contributed by atoms with van der Waals surface area (Å²) in [7, 11) is 1.26. The SMILES string of the molecule is COC(=O)C(NC(=O)c1cc(-c2ccc(NC(=O)Nc3ccc(Oc4ccccc4)cc3)cc2)no1)C(C)C. The number of carbonyl (C=O) groups excluding carboxylic acids is 3. The Morgan fingerprint density at radius 2 is 1.41 bits per heavy atom. The lowest BCUT2D eigenvalue weighted by Crippen LogP contribution is -2.44. The first-order chi connectivity index (χ1) is 18.8. The smallest absolute Gasteiger partial charge is 0.328 e. The van der Waals surface area contributed by atoms with Gasteiger partial charge in [0, 0.05) is 23.0 Å². The molecule has 0 fully saturated rings. The Hall–Kier alpha value is -5.12. The summed E-state index contributed by atoms with van der Waals surface area (Å²) in [6.45, 7) is 3.59. The summed E-state index contributed by atoms with van der Waals surface area (Å²) >= 11 is 0. The number of aromatic nitrogens is 1. The number of carbonyl (C=O) groups is 3. The van der Waals surface area contributed by atoms with E-state index in [1.807, 2.05) is 30.3 Å². The van der Waals surface area contributed by atoms with Crippen molar-refractivity contribution in [3.05, 3.63) is 90.7 Å². The molecule has 0 aliphatic carbocycles. The molecular formula is C29H28N4O6. The van der Waals surface area contributed by atoms with Crippen LogP contribution < -0.4 is 20.7 Å². The van der Waals surface area contributed by atoms with Crippen LogP contribution in [-0.2, 0) is 9.53 Å². The Morgan fingerprint density at radius 3 is 2.00 bits per heavy atom. The highest BCUT2D eigenvalue weighted by atomic mass is 16.5. The number of para-hydroxylation sites is 1. The van der Waals surface area contributed by atoms with Crippen LogP contribution in [0.5, 0.6) is 11.5 Å². The molecule has 200 valence electrons. The Labute approximate surface area is 225 Å². The summed E-state index contributed by atoms with van der Waals surface area (Å²) in [6, 6.07) is 23.6. The van der Waals surface area contributed by atoms with Gasteiger partial charge in [-0.05, 0) is 54.4 Å². The van der Waals surface area contributed by atoms with E-state index in [-0.39, 0.29) is 11.7 Å². The minimum absolute atomic E-state index is 0.0404. The number of urea groups is 1. The van der Waals surface area contributed by atoms with Crippen molar-refractivity contribution in [2.75, 3.05) is 17.7 Å². The molecule has 1 unspecified atom stereocenters. The molecule has 0 aliphatic heterocycles. The highest BCUT2D eigenvalue weighted by molar-refractivity contribution is 6.00. The van der Waals surface area contributed by atoms with Gasteiger partial charge in [-0.25, -0.2) is 9.59 Å². The lowest BCUT2D eigenvalue weighted by molar-refractivity contribution is -0.144. The number of nitrogens with one attached hydrogen (secondary N) is 3. The Bertz CT molecular complexity index is 1420. The van der Waals surface area contributed by atoms with Gasteiger partial charge in [-0.3, -0.25) is 4.79 Å². The second kappa shape index (κ2) is 12.4. The van der Waals surface area contributed by atoms with Gasteiger partial charge in [0.1, 0.15) is 23.2 Å². The normalized spacial score (nSPS) is 11.4. The number of nitrogens with zero attached hydrogens (tertiary/aromatic N) is 1. The molecule has 0 bridgehead atoms. The fraction of sp³-hybridized carbons (Fsp3) is 0.172. The van der Waals surface area contributed by atoms with Gasteiger partial charge in [0.2, 0.25) is 5.76 Å². The van der Waals surface area contributed by atoms with Crippen LogP contribution in [0.15, 0.2) is 89.5 Å². The van der Waals surface area contributed by atoms with E-state index in [0.29, 0.717) is 28.4 Å². The van der Waals surface area contributed by atoms with Crippen molar-refractivity contribution in [1.82, 2.24) is 10.5 Å². The number of hydrogen-bond acceptors (Lipinski definition) is 7. The average molecular weight is 529 g/mol. The number of esters is 1. The zero-order valence-corrected chi connectivity index (χ0v) is 21.6. The number of ether oxygens (including phenoxy) is 2. The van der Waals surface area contributed by atoms with Crippen LogP contribution in [0.4, 0.5) is 16.2 Å². The number of benzene rings is 3. The van der Waals surface area contributed by atoms with Crippen molar-refractivity contribution in [3.8, 4) is 22.8 Å². The largest absolute Gasteiger partial charge is 0.467 e. The maximum absolute atomic E-state index is 12.5. The zero-order valence-electron chi connectivity index (χ0n) is 21.6. The van der Waals surface area contributed by atoms with E-state index in [1.165, 1.54) is 13.2 Å². The first kappa shape index (κ1) is 26.9. The molecule has 3 N–H and O–H groups in total. The molecule has 0 radical (unpaired) electrons. The maximum atomic E-state index is 12.5. The maximum Gasteiger partial charge on any atom is 0.328 e. The fourth-order valence-corrected chi connectivity index (χ4v) is 3.60. The standard InChI is InChI=1S/C29H28N4O6/c1-18(2)26(28(35)37-3)32-27(34)25-17-24(33-39-25)19-9-11-20(12-10-19)30-29(36)31-21-13-15-23(16-14-21)38-22-7-5-4-6-8-22/h4-18,26H,1-3H3,(H,32,34)(H2,30,31,36). The van der Waals surface area contributed by atoms with Crippen LogP contribution in [0.2, 0.25) is 0 Å². The van der Waals surface area contributed by atoms with E-state index < -0.39 is 23.9 Å². The van der Waals surface area contributed by atoms with E-state index in [2.05, 4.69) is 21.1 Å². The van der Waals surface area contributed by atoms with Crippen LogP contribution in [0.25, 0.3) is 11.3 Å². The number of amides is 3. The van der Waals surface area contributed by atoms with Gasteiger partial charge in [0.15, 0.2) is 0 Å². The summed E-state index contributed by atoms with van der Waals surface area (Å²) in [5.41, 5.74) is 2.25. The predicted octanol–water partition coefficient (Wildman–Crippen LogP) is 5.71. The Kier molecular flexibility index (Phi) is 8.57. The summed E-state index contributed by atoms with van der Waals surface area (Å²) in [6.07, 6.45) is 0. The van der Waals surface area contributed by atoms with Gasteiger partial charge in [-0.15, -0.1) is 0 Å². The summed E-state index contributed by atoms with van der Waals surface area (Å²) in [4.78, 5) is 36.9. The molecule has 10 nitrogen and oxygen atoms in total. The second-order valence-electron chi connectivity index (χ2n) is 8.89. The van der Waals surface area contributed by atoms with Crippen molar-refractivity contribution >= 4 is 29.3 Å². The third-order valence-electron chi connectivity index (χ3n) is 5.67. The quantitative estimate of drug-likeness (QED) is 0.237. The van der Waals surface area contributed by atoms with Gasteiger partial charge >= 0.3 is 12.0 Å². The molecule has 39 heavy (non-hydrogen) atoms. The first-order valence-electron chi connectivity index (χ1n) is 12.2. The van der Waals surface area contributed by atoms with Gasteiger partial charge in [-0.2, -0.15) is 0 Å². The van der Waals surface area contributed by atoms with Crippen LogP contribution in [0, 0.1) is 5.92 Å². The van der Waals surface area contributed by atoms with Crippen molar-refractivity contribution in [1.29, 1.82) is 0 Å². The molecule has 10 heteroatoms. The van der Waals surface area contributed by atoms with E-state index >= 15 is 0 Å². The van der Waals surface area contributed by atoms with Crippen LogP contribution in [-0.4, -0.2) is 36.2 Å². The number of anilines is 2. The summed E-state index contributed by atoms with van der Waals surface area (Å²) < 4.78 is 15.7. The molecule has 0 saturated heterocycles. The van der Waals surface area contributed by atoms with E-state index in [4.69, 9.17) is 14.0 Å². The first-order valence-corrected chi connectivity index (χ1v) is 12.2. The van der Waals surface area contributed by atoms with Gasteiger partial charge in [0.25, 0.3) is 5.91 Å². The Balaban J connectivity index is 1.31. The summed E-state index contributed by atoms with van der Waals surface area (Å²) in [5, 5.41) is 12.1. The van der Waals surface area contributed by atoms with Crippen molar-refractivity contribution in [2.24, 2.45) is 5.92 Å². The van der Waals surface area contributed by atoms with E-state index in [1.54, 1.807) is 62.4 Å². The molecule has 4 rings (SSSR count). The van der Waals surface area contributed by atoms with Crippen LogP contribution in [0.3, 0.4) is 0 Å². The lowest BCUT2D eigenvalue weighted by Gasteiger charge is -2.18. The third kappa shape index (κ3) is 7.22. The minimum atomic E-state index is -0.812. The van der Waals surface area contributed by atoms with E-state index in [9.17, 15) is 14.4 Å². The number of hydrogen-bond donors (Lipinski definition) is 3. The molecule has 1 aromatic heterocycles. The van der Waals surface area contributed by atoms with Crippen molar-refractivity contribution < 1.29 is 28.4 Å². The monoisotopic (exact) mass is 528 g/mol. The highest BCUT2D eigenvalue weighted by Crippen LogP contribution is 2.24. The molecule has 0 spiro atoms. The van der Waals surface area contributed by atoms with Crippen molar-refractivity contribution in [2.45, 2.75) is 19.9 Å². The number of rotatable bonds is 9. The topological polar surface area (TPSA) is 132 Å². The second-order valence-corrected chi connectivity index (χ2v) is 8.89. The summed E-state index contributed by atoms with van der Waals surface area (Å²) in [5.74, 6) is 0.0458. The van der Waals surface area contributed by atoms with E-state index in [0.717, 1.165) is 5.75 Å². The molecule has 0 saturated carbocycles. The number of methoxy groups -OCH3 is 1. The average Bonchev–Trinajstić information content (AvgIpc) is 3.44. The van der Waals surface area contributed by atoms with Crippen molar-refractivity contribution in [3.63, 3.8) is 0 Å². The molecule has 0 aliphatic rings. The highest BCUT2D eigenvalue weighted by Gasteiger charge is 2.27. The van der Waals surface area contributed by atoms with Gasteiger partial charge in [0.05, 0.1) is 7.11 Å². The van der Waals surface area contributed by atoms with Gasteiger partial charge < -0.3 is 29.9 Å². The minimum Gasteiger partial charge on any atom is -0.467 e. The molecule has 1 heterocycles. The van der Waals surface area contributed by atoms with Gasteiger partial charge in [-0.1, -0.05) is 49.3 Å². The molecule has 3 amide bonds. The van der Waals surface area contributed by atoms with Crippen LogP contribution >= 0.6 is 0 Å². The molecule has 3 aromatic carbocycles.